The lowest BCUT2D eigenvalue weighted by molar-refractivity contribution is -0.150. The van der Waals surface area contributed by atoms with Gasteiger partial charge in [-0.2, -0.15) is 5.10 Å². The molecule has 0 saturated carbocycles. The minimum atomic E-state index is -0.855. The van der Waals surface area contributed by atoms with Crippen molar-refractivity contribution in [3.63, 3.8) is 0 Å². The van der Waals surface area contributed by atoms with Gasteiger partial charge in [-0.25, -0.2) is 19.1 Å². The molecule has 4 aromatic rings. The number of rotatable bonds is 7. The van der Waals surface area contributed by atoms with E-state index in [1.54, 1.807) is 81.2 Å². The maximum atomic E-state index is 13.3. The zero-order valence-corrected chi connectivity index (χ0v) is 28.4. The fourth-order valence-corrected chi connectivity index (χ4v) is 5.15. The summed E-state index contributed by atoms with van der Waals surface area (Å²) in [4.78, 5) is 44.9. The van der Waals surface area contributed by atoms with Crippen LogP contribution in [0.15, 0.2) is 73.1 Å². The molecule has 0 radical (unpaired) electrons. The van der Waals surface area contributed by atoms with Crippen LogP contribution < -0.4 is 15.4 Å². The maximum absolute atomic E-state index is 13.3. The van der Waals surface area contributed by atoms with Crippen LogP contribution in [0.1, 0.15) is 65.3 Å². The molecule has 2 aromatic heterocycles. The lowest BCUT2D eigenvalue weighted by Crippen LogP contribution is -2.50. The van der Waals surface area contributed by atoms with Crippen LogP contribution in [0.3, 0.4) is 0 Å². The predicted octanol–water partition coefficient (Wildman–Crippen LogP) is 7.23. The molecule has 0 bridgehead atoms. The number of hydrogen-bond donors (Lipinski definition) is 2. The summed E-state index contributed by atoms with van der Waals surface area (Å²) >= 11 is 0. The van der Waals surface area contributed by atoms with E-state index in [9.17, 15) is 14.4 Å². The first-order valence-corrected chi connectivity index (χ1v) is 15.8. The van der Waals surface area contributed by atoms with Gasteiger partial charge in [0.2, 0.25) is 0 Å². The third kappa shape index (κ3) is 8.30. The number of hydrogen-bond acceptors (Lipinski definition) is 8. The first-order chi connectivity index (χ1) is 22.7. The number of aromatic nitrogens is 3. The second kappa shape index (κ2) is 13.8. The largest absolute Gasteiger partial charge is 0.464 e. The number of benzene rings is 2. The van der Waals surface area contributed by atoms with Gasteiger partial charge < -0.3 is 19.5 Å². The number of pyridine rings is 1. The molecule has 12 heteroatoms. The van der Waals surface area contributed by atoms with Crippen molar-refractivity contribution < 1.29 is 28.6 Å². The highest BCUT2D eigenvalue weighted by atomic mass is 16.6. The van der Waals surface area contributed by atoms with Crippen molar-refractivity contribution in [3.8, 4) is 17.2 Å². The van der Waals surface area contributed by atoms with Gasteiger partial charge in [0.05, 0.1) is 30.7 Å². The lowest BCUT2D eigenvalue weighted by Gasteiger charge is -2.36. The van der Waals surface area contributed by atoms with Crippen molar-refractivity contribution in [1.29, 1.82) is 0 Å². The van der Waals surface area contributed by atoms with Crippen LogP contribution in [0, 0.1) is 0 Å². The Morgan fingerprint density at radius 2 is 1.69 bits per heavy atom. The number of fused-ring (bicyclic) bond motifs is 1. The van der Waals surface area contributed by atoms with Gasteiger partial charge in [0, 0.05) is 35.9 Å². The molecule has 252 valence electrons. The first-order valence-electron chi connectivity index (χ1n) is 15.8. The summed E-state index contributed by atoms with van der Waals surface area (Å²) in [6.07, 6.45) is 2.92. The minimum absolute atomic E-state index is 0.178. The molecule has 1 unspecified atom stereocenters. The molecule has 0 fully saturated rings. The Balaban J connectivity index is 1.40. The fourth-order valence-electron chi connectivity index (χ4n) is 5.15. The average Bonchev–Trinajstić information content (AvgIpc) is 3.44. The third-order valence-electron chi connectivity index (χ3n) is 7.43. The van der Waals surface area contributed by atoms with Crippen molar-refractivity contribution >= 4 is 29.6 Å². The first kappa shape index (κ1) is 34.0. The highest BCUT2D eigenvalue weighted by Gasteiger charge is 2.38. The Morgan fingerprint density at radius 3 is 2.38 bits per heavy atom. The molecule has 3 heterocycles. The summed E-state index contributed by atoms with van der Waals surface area (Å²) in [5.41, 5.74) is 2.67. The van der Waals surface area contributed by atoms with Gasteiger partial charge in [-0.1, -0.05) is 32.9 Å². The molecular weight excluding hydrogens is 612 g/mol. The van der Waals surface area contributed by atoms with E-state index in [4.69, 9.17) is 19.3 Å². The second-order valence-corrected chi connectivity index (χ2v) is 13.5. The number of urea groups is 1. The SMILES string of the molecule is CCOC(=O)C1Cc2cc(-n3nc(C(C)(C)C)cc3NC(=O)Nc3cccc(Oc4cccnc4)c3)ccc2CN1C(=O)OC(C)(C)C. The topological polar surface area (TPSA) is 137 Å². The highest BCUT2D eigenvalue weighted by molar-refractivity contribution is 5.99. The van der Waals surface area contributed by atoms with E-state index in [0.29, 0.717) is 28.7 Å². The zero-order chi connectivity index (χ0) is 34.6. The van der Waals surface area contributed by atoms with Crippen LogP contribution >= 0.6 is 0 Å². The van der Waals surface area contributed by atoms with Crippen molar-refractivity contribution in [2.75, 3.05) is 17.2 Å². The van der Waals surface area contributed by atoms with Crippen LogP contribution in [0.5, 0.6) is 11.5 Å². The molecule has 1 aliphatic rings. The van der Waals surface area contributed by atoms with Gasteiger partial charge >= 0.3 is 18.1 Å². The minimum Gasteiger partial charge on any atom is -0.464 e. The standard InChI is InChI=1S/C36H42N6O6/c1-8-46-32(43)29-18-24-17-26(15-14-23(24)22-41(29)34(45)48-36(5,6)7)42-31(20-30(40-42)35(2,3)4)39-33(44)38-25-11-9-12-27(19-25)47-28-13-10-16-37-21-28/h9-17,19-21,29H,8,18,22H2,1-7H3,(H2,38,39,44). The van der Waals surface area contributed by atoms with Gasteiger partial charge in [0.15, 0.2) is 0 Å². The summed E-state index contributed by atoms with van der Waals surface area (Å²) in [5, 5.41) is 10.7. The van der Waals surface area contributed by atoms with E-state index in [2.05, 4.69) is 15.6 Å². The van der Waals surface area contributed by atoms with E-state index >= 15 is 0 Å². The van der Waals surface area contributed by atoms with Crippen LogP contribution in [0.25, 0.3) is 5.69 Å². The molecule has 48 heavy (non-hydrogen) atoms. The second-order valence-electron chi connectivity index (χ2n) is 13.5. The Labute approximate surface area is 280 Å². The lowest BCUT2D eigenvalue weighted by atomic mass is 9.92. The summed E-state index contributed by atoms with van der Waals surface area (Å²) in [6.45, 7) is 13.6. The number of nitrogens with zero attached hydrogens (tertiary/aromatic N) is 4. The van der Waals surface area contributed by atoms with E-state index in [1.807, 2.05) is 45.0 Å². The van der Waals surface area contributed by atoms with Crippen LogP contribution in [-0.4, -0.2) is 56.0 Å². The van der Waals surface area contributed by atoms with Crippen molar-refractivity contribution in [2.45, 2.75) is 78.5 Å². The van der Waals surface area contributed by atoms with Gasteiger partial charge in [-0.15, -0.1) is 0 Å². The van der Waals surface area contributed by atoms with Crippen molar-refractivity contribution in [2.24, 2.45) is 0 Å². The number of amides is 3. The molecule has 2 aromatic carbocycles. The van der Waals surface area contributed by atoms with E-state index in [1.165, 1.54) is 4.90 Å². The Kier molecular flexibility index (Phi) is 9.74. The molecule has 1 aliphatic heterocycles. The van der Waals surface area contributed by atoms with E-state index < -0.39 is 29.7 Å². The van der Waals surface area contributed by atoms with Crippen LogP contribution in [0.2, 0.25) is 0 Å². The predicted molar refractivity (Wildman–Crippen MR) is 182 cm³/mol. The monoisotopic (exact) mass is 654 g/mol. The van der Waals surface area contributed by atoms with E-state index in [0.717, 1.165) is 16.8 Å². The smallest absolute Gasteiger partial charge is 0.411 e. The summed E-state index contributed by atoms with van der Waals surface area (Å²) in [7, 11) is 0. The molecule has 0 spiro atoms. The third-order valence-corrected chi connectivity index (χ3v) is 7.43. The summed E-state index contributed by atoms with van der Waals surface area (Å²) in [6, 6.07) is 16.8. The van der Waals surface area contributed by atoms with Crippen molar-refractivity contribution in [1.82, 2.24) is 19.7 Å². The summed E-state index contributed by atoms with van der Waals surface area (Å²) < 4.78 is 18.5. The Hall–Kier alpha value is -5.39. The zero-order valence-electron chi connectivity index (χ0n) is 28.4. The molecule has 1 atom stereocenters. The van der Waals surface area contributed by atoms with Gasteiger partial charge in [0.25, 0.3) is 0 Å². The normalized spacial score (nSPS) is 14.5. The molecule has 2 N–H and O–H groups in total. The van der Waals surface area contributed by atoms with Crippen LogP contribution in [0.4, 0.5) is 21.1 Å². The molecule has 5 rings (SSSR count). The Bertz CT molecular complexity index is 1790. The molecule has 12 nitrogen and oxygen atoms in total. The molecule has 3 amide bonds. The number of carbonyl (C=O) groups is 3. The number of ether oxygens (including phenoxy) is 3. The number of nitrogens with one attached hydrogen (secondary N) is 2. The molecule has 0 saturated heterocycles. The number of carbonyl (C=O) groups excluding carboxylic acids is 3. The van der Waals surface area contributed by atoms with Gasteiger partial charge in [0.1, 0.15) is 29.0 Å². The Morgan fingerprint density at radius 1 is 0.917 bits per heavy atom. The molecule has 0 aliphatic carbocycles. The molecular formula is C36H42N6O6. The van der Waals surface area contributed by atoms with Crippen LogP contribution in [-0.2, 0) is 32.6 Å². The quantitative estimate of drug-likeness (QED) is 0.199. The highest BCUT2D eigenvalue weighted by Crippen LogP contribution is 2.31. The van der Waals surface area contributed by atoms with E-state index in [-0.39, 0.29) is 25.0 Å². The average molecular weight is 655 g/mol. The maximum Gasteiger partial charge on any atom is 0.411 e. The fraction of sp³-hybridized carbons (Fsp3) is 0.361. The van der Waals surface area contributed by atoms with Crippen molar-refractivity contribution in [3.05, 3.63) is 89.9 Å². The number of esters is 1. The van der Waals surface area contributed by atoms with Gasteiger partial charge in [-0.3, -0.25) is 15.2 Å². The number of anilines is 2. The summed E-state index contributed by atoms with van der Waals surface area (Å²) in [5.74, 6) is 1.07. The van der Waals surface area contributed by atoms with Gasteiger partial charge in [-0.05, 0) is 75.2 Å².